The smallest absolute Gasteiger partial charge is 0.263 e. The molecule has 7 nitrogen and oxygen atoms in total. The Kier molecular flexibility index (Phi) is 7.02. The molecule has 0 spiro atoms. The largest absolute Gasteiger partial charge is 0.360 e. The van der Waals surface area contributed by atoms with Crippen molar-refractivity contribution in [1.82, 2.24) is 14.9 Å². The van der Waals surface area contributed by atoms with Crippen molar-refractivity contribution in [2.24, 2.45) is 15.0 Å². The number of halogens is 1. The van der Waals surface area contributed by atoms with E-state index in [1.807, 2.05) is 61.5 Å². The number of hydrogen-bond donors (Lipinski definition) is 1. The Labute approximate surface area is 223 Å². The second-order valence-electron chi connectivity index (χ2n) is 8.75. The van der Waals surface area contributed by atoms with Crippen molar-refractivity contribution >= 4 is 39.8 Å². The lowest BCUT2D eigenvalue weighted by Gasteiger charge is -2.23. The fraction of sp³-hybridized carbons (Fsp3) is 0.138. The van der Waals surface area contributed by atoms with Crippen LogP contribution in [0.15, 0.2) is 98.2 Å². The normalized spacial score (nSPS) is 16.2. The van der Waals surface area contributed by atoms with Gasteiger partial charge in [0.25, 0.3) is 5.56 Å². The molecule has 38 heavy (non-hydrogen) atoms. The van der Waals surface area contributed by atoms with Crippen molar-refractivity contribution in [1.29, 1.82) is 0 Å². The van der Waals surface area contributed by atoms with Crippen LogP contribution in [0.2, 0.25) is 0 Å². The van der Waals surface area contributed by atoms with Crippen LogP contribution in [0.25, 0.3) is 27.6 Å². The second kappa shape index (κ2) is 10.5. The third-order valence-electron chi connectivity index (χ3n) is 6.35. The Morgan fingerprint density at radius 2 is 1.95 bits per heavy atom. The van der Waals surface area contributed by atoms with Gasteiger partial charge in [-0.25, -0.2) is 15.0 Å². The zero-order valence-corrected chi connectivity index (χ0v) is 22.0. The highest BCUT2D eigenvalue weighted by Crippen LogP contribution is 2.30. The zero-order valence-electron chi connectivity index (χ0n) is 21.1. The molecule has 0 bridgehead atoms. The number of benzene rings is 2. The molecular formula is C29H25FN6OS. The van der Waals surface area contributed by atoms with Gasteiger partial charge >= 0.3 is 0 Å². The number of hydrogen-bond acceptors (Lipinski definition) is 7. The lowest BCUT2D eigenvalue weighted by molar-refractivity contribution is 0.575. The summed E-state index contributed by atoms with van der Waals surface area (Å²) in [5.41, 5.74) is 5.35. The van der Waals surface area contributed by atoms with Crippen molar-refractivity contribution in [2.75, 3.05) is 7.05 Å². The van der Waals surface area contributed by atoms with Gasteiger partial charge in [-0.2, -0.15) is 4.39 Å². The number of aromatic nitrogens is 2. The number of aryl methyl sites for hydroxylation is 1. The number of rotatable bonds is 6. The molecule has 0 radical (unpaired) electrons. The number of fused-ring (bicyclic) bond motifs is 1. The average Bonchev–Trinajstić information content (AvgIpc) is 3.42. The van der Waals surface area contributed by atoms with Crippen molar-refractivity contribution in [3.05, 3.63) is 106 Å². The van der Waals surface area contributed by atoms with Crippen LogP contribution < -0.4 is 10.9 Å². The van der Waals surface area contributed by atoms with Gasteiger partial charge < -0.3 is 5.32 Å². The molecule has 1 aliphatic heterocycles. The van der Waals surface area contributed by atoms with Crippen molar-refractivity contribution in [3.63, 3.8) is 0 Å². The minimum atomic E-state index is -0.528. The molecule has 0 saturated heterocycles. The predicted octanol–water partition coefficient (Wildman–Crippen LogP) is 5.82. The number of nitrogens with zero attached hydrogens (tertiary/aromatic N) is 5. The summed E-state index contributed by atoms with van der Waals surface area (Å²) in [6, 6.07) is 18.5. The summed E-state index contributed by atoms with van der Waals surface area (Å²) in [5.74, 6) is -0.0481. The molecule has 190 valence electrons. The minimum Gasteiger partial charge on any atom is -0.360 e. The highest BCUT2D eigenvalue weighted by Gasteiger charge is 2.22. The number of pyridine rings is 2. The summed E-state index contributed by atoms with van der Waals surface area (Å²) in [7, 11) is 1.70. The lowest BCUT2D eigenvalue weighted by Crippen LogP contribution is -2.29. The molecule has 2 aromatic heterocycles. The summed E-state index contributed by atoms with van der Waals surface area (Å²) >= 11 is 1.41. The van der Waals surface area contributed by atoms with Crippen LogP contribution in [0.3, 0.4) is 0 Å². The molecule has 2 aromatic carbocycles. The van der Waals surface area contributed by atoms with E-state index in [1.54, 1.807) is 30.2 Å². The number of aliphatic imine (C=N–C) groups is 3. The summed E-state index contributed by atoms with van der Waals surface area (Å²) in [6.45, 7) is 7.33. The van der Waals surface area contributed by atoms with Crippen LogP contribution in [0.1, 0.15) is 24.2 Å². The molecule has 1 aliphatic rings. The van der Waals surface area contributed by atoms with Gasteiger partial charge in [-0.15, -0.1) is 0 Å². The first kappa shape index (κ1) is 25.3. The van der Waals surface area contributed by atoms with Gasteiger partial charge in [0.05, 0.1) is 17.0 Å². The van der Waals surface area contributed by atoms with E-state index in [4.69, 9.17) is 0 Å². The van der Waals surface area contributed by atoms with Gasteiger partial charge in [0, 0.05) is 35.8 Å². The quantitative estimate of drug-likeness (QED) is 0.254. The van der Waals surface area contributed by atoms with Crippen LogP contribution in [0.4, 0.5) is 4.39 Å². The summed E-state index contributed by atoms with van der Waals surface area (Å²) in [6.07, 6.45) is 1.46. The lowest BCUT2D eigenvalue weighted by atomic mass is 9.98. The Morgan fingerprint density at radius 1 is 1.16 bits per heavy atom. The first-order valence-electron chi connectivity index (χ1n) is 11.9. The number of para-hydroxylation sites is 1. The van der Waals surface area contributed by atoms with Gasteiger partial charge in [-0.05, 0) is 55.8 Å². The predicted molar refractivity (Wildman–Crippen MR) is 155 cm³/mol. The maximum atomic E-state index is 14.3. The molecule has 0 aliphatic carbocycles. The third kappa shape index (κ3) is 4.56. The molecule has 5 rings (SSSR count). The Hall–Kier alpha value is -4.37. The molecule has 1 N–H and O–H groups in total. The maximum absolute atomic E-state index is 14.3. The van der Waals surface area contributed by atoms with E-state index in [-0.39, 0.29) is 11.6 Å². The molecule has 1 atom stereocenters. The van der Waals surface area contributed by atoms with Gasteiger partial charge in [-0.3, -0.25) is 14.4 Å². The van der Waals surface area contributed by atoms with E-state index < -0.39 is 5.95 Å². The van der Waals surface area contributed by atoms with Crippen molar-refractivity contribution in [2.45, 2.75) is 19.9 Å². The van der Waals surface area contributed by atoms with Crippen LogP contribution in [-0.2, 0) is 0 Å². The Balaban J connectivity index is 1.73. The Morgan fingerprint density at radius 3 is 2.66 bits per heavy atom. The van der Waals surface area contributed by atoms with Gasteiger partial charge in [0.2, 0.25) is 5.95 Å². The minimum absolute atomic E-state index is 0.194. The standard InChI is InChI=1S/C29H25FN6OS/c1-17-13-20(15-33-26(17)30)22-12-8-9-19-14-23(36(29(37)24(19)22)21-10-6-5-7-11-21)18(2)35-27(31-3)25-28(32-4)38-16-34-25/h5-16,18,35H,3H2,1-2,4H3/b27-25-,32-28+/t18-/m0/s1. The number of thioether (sulfide) groups is 1. The van der Waals surface area contributed by atoms with E-state index in [9.17, 15) is 9.18 Å². The highest BCUT2D eigenvalue weighted by molar-refractivity contribution is 8.26. The second-order valence-corrected chi connectivity index (χ2v) is 9.58. The molecule has 0 amide bonds. The molecule has 4 aromatic rings. The summed E-state index contributed by atoms with van der Waals surface area (Å²) in [5, 5.41) is 5.40. The van der Waals surface area contributed by atoms with Gasteiger partial charge in [0.15, 0.2) is 5.82 Å². The fourth-order valence-corrected chi connectivity index (χ4v) is 5.14. The number of nitrogens with one attached hydrogen (secondary N) is 1. The fourth-order valence-electron chi connectivity index (χ4n) is 4.52. The monoisotopic (exact) mass is 524 g/mol. The molecule has 0 unspecified atom stereocenters. The van der Waals surface area contributed by atoms with Crippen LogP contribution in [0.5, 0.6) is 0 Å². The summed E-state index contributed by atoms with van der Waals surface area (Å²) in [4.78, 5) is 31.0. The zero-order chi connectivity index (χ0) is 26.8. The average molecular weight is 525 g/mol. The first-order chi connectivity index (χ1) is 18.4. The molecule has 9 heteroatoms. The summed E-state index contributed by atoms with van der Waals surface area (Å²) < 4.78 is 15.6. The SMILES string of the molecule is C=N/C(N[C@@H](C)c1cc2cccc(-c3cnc(F)c(C)c3)c2c(=O)n1-c1ccccc1)=C1/N=CS/C1=N/C. The van der Waals surface area contributed by atoms with E-state index in [0.29, 0.717) is 33.6 Å². The van der Waals surface area contributed by atoms with Crippen LogP contribution >= 0.6 is 11.8 Å². The van der Waals surface area contributed by atoms with Crippen molar-refractivity contribution in [3.8, 4) is 16.8 Å². The molecule has 3 heterocycles. The van der Waals surface area contributed by atoms with E-state index in [2.05, 4.69) is 32.0 Å². The Bertz CT molecular complexity index is 1710. The van der Waals surface area contributed by atoms with Crippen LogP contribution in [0, 0.1) is 12.9 Å². The highest BCUT2D eigenvalue weighted by atomic mass is 32.2. The van der Waals surface area contributed by atoms with Gasteiger partial charge in [0.1, 0.15) is 10.7 Å². The molecule has 0 fully saturated rings. The molecule has 0 saturated carbocycles. The molecular weight excluding hydrogens is 499 g/mol. The van der Waals surface area contributed by atoms with E-state index in [1.165, 1.54) is 18.0 Å². The third-order valence-corrected chi connectivity index (χ3v) is 7.16. The van der Waals surface area contributed by atoms with Gasteiger partial charge in [-0.1, -0.05) is 48.2 Å². The maximum Gasteiger partial charge on any atom is 0.263 e. The van der Waals surface area contributed by atoms with E-state index in [0.717, 1.165) is 21.8 Å². The van der Waals surface area contributed by atoms with Crippen molar-refractivity contribution < 1.29 is 4.39 Å². The first-order valence-corrected chi connectivity index (χ1v) is 12.8. The van der Waals surface area contributed by atoms with E-state index >= 15 is 0 Å². The van der Waals surface area contributed by atoms with Crippen LogP contribution in [-0.4, -0.2) is 33.9 Å². The topological polar surface area (TPSA) is 84.0 Å².